The highest BCUT2D eigenvalue weighted by atomic mass is 16.5. The number of aryl methyl sites for hydroxylation is 2. The number of para-hydroxylation sites is 2. The highest BCUT2D eigenvalue weighted by Crippen LogP contribution is 2.45. The molecule has 0 unspecified atom stereocenters. The van der Waals surface area contributed by atoms with Crippen molar-refractivity contribution in [1.29, 1.82) is 0 Å². The van der Waals surface area contributed by atoms with Crippen LogP contribution in [0.2, 0.25) is 0 Å². The molecule has 0 radical (unpaired) electrons. The minimum atomic E-state index is -0.0561. The number of nitrogens with zero attached hydrogens (tertiary/aromatic N) is 3. The first-order valence-corrected chi connectivity index (χ1v) is 25.0. The maximum absolute atomic E-state index is 7.33. The second-order valence-corrected chi connectivity index (χ2v) is 23.8. The van der Waals surface area contributed by atoms with Crippen molar-refractivity contribution >= 4 is 55.9 Å². The van der Waals surface area contributed by atoms with Gasteiger partial charge in [0.1, 0.15) is 17.2 Å². The highest BCUT2D eigenvalue weighted by molar-refractivity contribution is 6.99. The summed E-state index contributed by atoms with van der Waals surface area (Å²) in [7, 11) is 2.25. The van der Waals surface area contributed by atoms with Gasteiger partial charge in [-0.15, -0.1) is 0 Å². The monoisotopic (exact) mass is 893 g/mol. The quantitative estimate of drug-likeness (QED) is 0.125. The summed E-state index contributed by atoms with van der Waals surface area (Å²) in [6, 6.07) is 46.8. The molecule has 2 aliphatic rings. The van der Waals surface area contributed by atoms with Gasteiger partial charge in [-0.25, -0.2) is 4.57 Å². The van der Waals surface area contributed by atoms with Gasteiger partial charge < -0.3 is 9.30 Å². The number of rotatable bonds is 5. The van der Waals surface area contributed by atoms with E-state index in [1.54, 1.807) is 0 Å². The van der Waals surface area contributed by atoms with Crippen molar-refractivity contribution in [3.63, 3.8) is 0 Å². The smallest absolute Gasteiger partial charge is 0.295 e. The summed E-state index contributed by atoms with van der Waals surface area (Å²) in [5.74, 6) is 3.66. The zero-order valence-electron chi connectivity index (χ0n) is 43.0. The van der Waals surface area contributed by atoms with Crippen LogP contribution in [-0.4, -0.2) is 15.8 Å². The molecule has 0 fully saturated rings. The van der Waals surface area contributed by atoms with E-state index >= 15 is 0 Å². The largest absolute Gasteiger partial charge is 0.458 e. The lowest BCUT2D eigenvalue weighted by molar-refractivity contribution is -0.633. The second-order valence-electron chi connectivity index (χ2n) is 23.8. The summed E-state index contributed by atoms with van der Waals surface area (Å²) in [4.78, 5) is 0. The zero-order valence-corrected chi connectivity index (χ0v) is 43.0. The number of fused-ring (bicyclic) bond motifs is 8. The van der Waals surface area contributed by atoms with Crippen LogP contribution in [0.15, 0.2) is 121 Å². The van der Waals surface area contributed by atoms with E-state index in [9.17, 15) is 0 Å². The molecule has 0 saturated heterocycles. The van der Waals surface area contributed by atoms with Crippen LogP contribution in [-0.2, 0) is 23.3 Å². The summed E-state index contributed by atoms with van der Waals surface area (Å²) in [6.45, 7) is 32.6. The summed E-state index contributed by atoms with van der Waals surface area (Å²) in [6.07, 6.45) is 0. The van der Waals surface area contributed by atoms with Crippen LogP contribution in [0.5, 0.6) is 11.5 Å². The third kappa shape index (κ3) is 6.58. The molecule has 11 rings (SSSR count). The van der Waals surface area contributed by atoms with E-state index < -0.39 is 0 Å². The van der Waals surface area contributed by atoms with Gasteiger partial charge in [0.25, 0.3) is 12.5 Å². The second kappa shape index (κ2) is 15.1. The van der Waals surface area contributed by atoms with Crippen molar-refractivity contribution in [1.82, 2.24) is 9.13 Å². The van der Waals surface area contributed by atoms with Gasteiger partial charge in [-0.1, -0.05) is 157 Å². The topological polar surface area (TPSA) is 23.0 Å². The zero-order chi connectivity index (χ0) is 48.1. The Hall–Kier alpha value is -6.33. The van der Waals surface area contributed by atoms with Gasteiger partial charge in [0.2, 0.25) is 0 Å². The molecule has 4 heterocycles. The first-order valence-electron chi connectivity index (χ1n) is 25.0. The fraction of sp³-hybridized carbons (Fsp3) is 0.317. The van der Waals surface area contributed by atoms with Crippen LogP contribution in [0.4, 0.5) is 0 Å². The van der Waals surface area contributed by atoms with E-state index in [0.29, 0.717) is 11.8 Å². The predicted molar refractivity (Wildman–Crippen MR) is 290 cm³/mol. The molecule has 0 spiro atoms. The third-order valence-corrected chi connectivity index (χ3v) is 15.4. The van der Waals surface area contributed by atoms with Gasteiger partial charge >= 0.3 is 0 Å². The molecule has 342 valence electrons. The van der Waals surface area contributed by atoms with Gasteiger partial charge in [0.15, 0.2) is 11.0 Å². The van der Waals surface area contributed by atoms with Crippen LogP contribution >= 0.6 is 0 Å². The Morgan fingerprint density at radius 2 is 1.15 bits per heavy atom. The summed E-state index contributed by atoms with van der Waals surface area (Å²) in [5, 5.41) is 2.63. The molecule has 68 heavy (non-hydrogen) atoms. The first kappa shape index (κ1) is 44.2. The van der Waals surface area contributed by atoms with Crippen LogP contribution in [0, 0.1) is 6.92 Å². The van der Waals surface area contributed by atoms with Gasteiger partial charge in [-0.05, 0) is 134 Å². The number of imidazole rings is 1. The minimum absolute atomic E-state index is 0.00238. The van der Waals surface area contributed by atoms with E-state index in [0.717, 1.165) is 17.1 Å². The summed E-state index contributed by atoms with van der Waals surface area (Å²) >= 11 is 0. The van der Waals surface area contributed by atoms with Crippen molar-refractivity contribution in [3.05, 3.63) is 155 Å². The molecule has 2 aromatic heterocycles. The average molecular weight is 893 g/mol. The molecule has 5 heteroatoms. The lowest BCUT2D eigenvalue weighted by Gasteiger charge is -2.35. The van der Waals surface area contributed by atoms with Crippen LogP contribution in [0.1, 0.15) is 135 Å². The molecule has 0 amide bonds. The molecular weight excluding hydrogens is 826 g/mol. The summed E-state index contributed by atoms with van der Waals surface area (Å²) < 4.78 is 15.0. The molecule has 0 saturated carbocycles. The molecule has 0 bridgehead atoms. The lowest BCUT2D eigenvalue weighted by atomic mass is 9.34. The maximum atomic E-state index is 7.33. The number of benzene rings is 7. The fourth-order valence-corrected chi connectivity index (χ4v) is 11.6. The molecular formula is C63H67BN3O+. The van der Waals surface area contributed by atoms with Gasteiger partial charge in [-0.2, -0.15) is 4.57 Å². The predicted octanol–water partition coefficient (Wildman–Crippen LogP) is 14.3. The van der Waals surface area contributed by atoms with E-state index in [1.807, 2.05) is 0 Å². The van der Waals surface area contributed by atoms with Crippen molar-refractivity contribution in [2.24, 2.45) is 7.05 Å². The molecule has 4 nitrogen and oxygen atoms in total. The normalized spacial score (nSPS) is 13.6. The number of hydrogen-bond donors (Lipinski definition) is 0. The highest BCUT2D eigenvalue weighted by Gasteiger charge is 2.43. The Bertz CT molecular complexity index is 3550. The Balaban J connectivity index is 1.30. The van der Waals surface area contributed by atoms with Crippen LogP contribution < -0.4 is 25.7 Å². The average Bonchev–Trinajstić information content (AvgIpc) is 3.77. The van der Waals surface area contributed by atoms with E-state index in [4.69, 9.17) is 4.74 Å². The third-order valence-electron chi connectivity index (χ3n) is 15.4. The van der Waals surface area contributed by atoms with Crippen LogP contribution in [0.3, 0.4) is 0 Å². The SMILES string of the molecule is Cc1ccccc1-c1n(-c2c(C(C)C)cccc2C(C)C)c2c(-c3cc4c5c(c3)-n3c6ccc(C(C)(C)C)cc6c6cc(C(C)(C)C)cc(c63)B5c3cc(C(C)(C)C)ccc3O4)cccc2[n+]1C. The minimum Gasteiger partial charge on any atom is -0.458 e. The molecule has 0 atom stereocenters. The van der Waals surface area contributed by atoms with Crippen LogP contribution in [0.25, 0.3) is 66.7 Å². The Labute approximate surface area is 404 Å². The van der Waals surface area contributed by atoms with Crippen molar-refractivity contribution < 1.29 is 9.30 Å². The van der Waals surface area contributed by atoms with Gasteiger partial charge in [0, 0.05) is 38.7 Å². The molecule has 9 aromatic rings. The molecule has 2 aliphatic heterocycles. The Morgan fingerprint density at radius 1 is 0.544 bits per heavy atom. The summed E-state index contributed by atoms with van der Waals surface area (Å²) in [5.41, 5.74) is 22.6. The fourth-order valence-electron chi connectivity index (χ4n) is 11.6. The number of ether oxygens (including phenoxy) is 1. The van der Waals surface area contributed by atoms with Crippen molar-refractivity contribution in [2.45, 2.75) is 125 Å². The Morgan fingerprint density at radius 3 is 1.81 bits per heavy atom. The first-order chi connectivity index (χ1) is 32.1. The number of aromatic nitrogens is 3. The Kier molecular flexibility index (Phi) is 9.81. The molecule has 0 N–H and O–H groups in total. The standard InChI is InChI=1S/C63H67BN3O/c1-36(2)43-22-18-23-44(37(3)4)57(43)67-59-46(24-19-25-52(59)65(15)60(67)45-21-17-16-20-38(45)5)39-30-53-56-55(31-39)68-54-29-27-41(62(9,10)11)34-49(54)64(56)50-35-42(63(12,13)14)33-48-47-32-40(61(6,7)8)26-28-51(47)66(53)58(48)50/h16-37H,1-15H3/q+1. The van der Waals surface area contributed by atoms with Crippen molar-refractivity contribution in [2.75, 3.05) is 0 Å². The molecule has 0 aliphatic carbocycles. The maximum Gasteiger partial charge on any atom is 0.295 e. The van der Waals surface area contributed by atoms with Crippen molar-refractivity contribution in [3.8, 4) is 45.4 Å². The van der Waals surface area contributed by atoms with Gasteiger partial charge in [-0.3, -0.25) is 0 Å². The van der Waals surface area contributed by atoms with E-state index in [2.05, 4.69) is 239 Å². The van der Waals surface area contributed by atoms with E-state index in [1.165, 1.54) is 111 Å². The van der Waals surface area contributed by atoms with Gasteiger partial charge in [0.05, 0.1) is 18.1 Å². The molecule has 7 aromatic carbocycles. The number of hydrogen-bond acceptors (Lipinski definition) is 1. The lowest BCUT2D eigenvalue weighted by Crippen LogP contribution is -2.58. The van der Waals surface area contributed by atoms with E-state index in [-0.39, 0.29) is 23.0 Å².